The molecule has 22 heavy (non-hydrogen) atoms. The second-order valence-electron chi connectivity index (χ2n) is 5.62. The molecule has 0 bridgehead atoms. The van der Waals surface area contributed by atoms with Gasteiger partial charge in [0.05, 0.1) is 24.2 Å². The summed E-state index contributed by atoms with van der Waals surface area (Å²) in [6.45, 7) is 5.68. The van der Waals surface area contributed by atoms with E-state index < -0.39 is 9.84 Å². The van der Waals surface area contributed by atoms with Gasteiger partial charge >= 0.3 is 0 Å². The number of sulfone groups is 1. The summed E-state index contributed by atoms with van der Waals surface area (Å²) in [7, 11) is -3.26. The van der Waals surface area contributed by atoms with Crippen LogP contribution in [0.5, 0.6) is 0 Å². The third kappa shape index (κ3) is 4.20. The summed E-state index contributed by atoms with van der Waals surface area (Å²) < 4.78 is 28.6. The van der Waals surface area contributed by atoms with Crippen molar-refractivity contribution in [3.05, 3.63) is 23.8 Å². The second kappa shape index (κ2) is 6.66. The van der Waals surface area contributed by atoms with Gasteiger partial charge in [-0.2, -0.15) is 0 Å². The average molecular weight is 326 g/mol. The molecular weight excluding hydrogens is 304 g/mol. The lowest BCUT2D eigenvalue weighted by atomic mass is 10.2. The van der Waals surface area contributed by atoms with Gasteiger partial charge in [0.25, 0.3) is 0 Å². The summed E-state index contributed by atoms with van der Waals surface area (Å²) in [6, 6.07) is 4.88. The molecule has 0 aromatic heterocycles. The minimum absolute atomic E-state index is 0.0145. The maximum absolute atomic E-state index is 12.2. The van der Waals surface area contributed by atoms with Crippen LogP contribution >= 0.6 is 0 Å². The molecule has 1 unspecified atom stereocenters. The van der Waals surface area contributed by atoms with E-state index in [1.165, 1.54) is 6.26 Å². The normalized spacial score (nSPS) is 19.0. The first kappa shape index (κ1) is 16.8. The maximum atomic E-state index is 12.2. The van der Waals surface area contributed by atoms with Crippen LogP contribution in [-0.4, -0.2) is 57.8 Å². The Kier molecular flexibility index (Phi) is 5.08. The topological polar surface area (TPSA) is 75.7 Å². The fourth-order valence-electron chi connectivity index (χ4n) is 2.35. The van der Waals surface area contributed by atoms with Crippen molar-refractivity contribution >= 4 is 21.4 Å². The summed E-state index contributed by atoms with van der Waals surface area (Å²) in [6.07, 6.45) is 1.22. The lowest BCUT2D eigenvalue weighted by molar-refractivity contribution is -0.136. The molecule has 0 spiro atoms. The summed E-state index contributed by atoms with van der Waals surface area (Å²) in [4.78, 5) is 14.2. The molecule has 1 saturated heterocycles. The monoisotopic (exact) mass is 326 g/mol. The summed E-state index contributed by atoms with van der Waals surface area (Å²) >= 11 is 0. The molecule has 122 valence electrons. The Hall–Kier alpha value is -1.60. The lowest BCUT2D eigenvalue weighted by Crippen LogP contribution is -2.46. The second-order valence-corrected chi connectivity index (χ2v) is 7.64. The standard InChI is InChI=1S/C15H22N2O4S/c1-11-4-5-13(22(3,19)20)8-14(11)16-9-15(18)17-6-7-21-12(2)10-17/h4-5,8,12,16H,6-7,9-10H2,1-3H3. The molecule has 1 atom stereocenters. The number of benzene rings is 1. The molecule has 1 aliphatic heterocycles. The molecule has 7 heteroatoms. The minimum atomic E-state index is -3.26. The van der Waals surface area contributed by atoms with Crippen molar-refractivity contribution in [2.75, 3.05) is 37.8 Å². The molecule has 6 nitrogen and oxygen atoms in total. The molecule has 1 N–H and O–H groups in total. The number of hydrogen-bond donors (Lipinski definition) is 1. The molecule has 0 saturated carbocycles. The number of anilines is 1. The first-order chi connectivity index (χ1) is 10.3. The number of hydrogen-bond acceptors (Lipinski definition) is 5. The Bertz CT molecular complexity index is 658. The van der Waals surface area contributed by atoms with Crippen molar-refractivity contribution in [1.29, 1.82) is 0 Å². The highest BCUT2D eigenvalue weighted by atomic mass is 32.2. The highest BCUT2D eigenvalue weighted by molar-refractivity contribution is 7.90. The highest BCUT2D eigenvalue weighted by Gasteiger charge is 2.21. The predicted octanol–water partition coefficient (Wildman–Crippen LogP) is 1.06. The fourth-order valence-corrected chi connectivity index (χ4v) is 3.00. The van der Waals surface area contributed by atoms with E-state index in [4.69, 9.17) is 4.74 Å². The minimum Gasteiger partial charge on any atom is -0.376 e. The van der Waals surface area contributed by atoms with Crippen molar-refractivity contribution in [2.24, 2.45) is 0 Å². The molecule has 0 aliphatic carbocycles. The third-order valence-electron chi connectivity index (χ3n) is 3.66. The number of carbonyl (C=O) groups excluding carboxylic acids is 1. The maximum Gasteiger partial charge on any atom is 0.242 e. The van der Waals surface area contributed by atoms with E-state index in [0.29, 0.717) is 25.4 Å². The van der Waals surface area contributed by atoms with Crippen LogP contribution in [0.4, 0.5) is 5.69 Å². The van der Waals surface area contributed by atoms with Gasteiger partial charge in [0.1, 0.15) is 0 Å². The van der Waals surface area contributed by atoms with Crippen LogP contribution in [0.2, 0.25) is 0 Å². The van der Waals surface area contributed by atoms with Crippen LogP contribution in [0.25, 0.3) is 0 Å². The van der Waals surface area contributed by atoms with Crippen molar-refractivity contribution in [3.63, 3.8) is 0 Å². The zero-order chi connectivity index (χ0) is 16.3. The van der Waals surface area contributed by atoms with Gasteiger partial charge in [0, 0.05) is 25.0 Å². The first-order valence-electron chi connectivity index (χ1n) is 7.21. The van der Waals surface area contributed by atoms with E-state index in [1.807, 2.05) is 13.8 Å². The number of nitrogens with one attached hydrogen (secondary N) is 1. The molecule has 1 heterocycles. The highest BCUT2D eigenvalue weighted by Crippen LogP contribution is 2.20. The van der Waals surface area contributed by atoms with E-state index in [1.54, 1.807) is 23.1 Å². The number of ether oxygens (including phenoxy) is 1. The lowest BCUT2D eigenvalue weighted by Gasteiger charge is -2.31. The van der Waals surface area contributed by atoms with Crippen LogP contribution in [0.15, 0.2) is 23.1 Å². The van der Waals surface area contributed by atoms with Gasteiger partial charge in [-0.1, -0.05) is 6.07 Å². The van der Waals surface area contributed by atoms with E-state index in [0.717, 1.165) is 5.56 Å². The van der Waals surface area contributed by atoms with E-state index in [9.17, 15) is 13.2 Å². The zero-order valence-corrected chi connectivity index (χ0v) is 13.9. The zero-order valence-electron chi connectivity index (χ0n) is 13.1. The van der Waals surface area contributed by atoms with Gasteiger partial charge in [-0.25, -0.2) is 8.42 Å². The quantitative estimate of drug-likeness (QED) is 0.895. The average Bonchev–Trinajstić information content (AvgIpc) is 2.44. The number of morpholine rings is 1. The van der Waals surface area contributed by atoms with Crippen LogP contribution in [0.1, 0.15) is 12.5 Å². The molecular formula is C15H22N2O4S. The Morgan fingerprint density at radius 3 is 2.82 bits per heavy atom. The SMILES string of the molecule is Cc1ccc(S(C)(=O)=O)cc1NCC(=O)N1CCOC(C)C1. The summed E-state index contributed by atoms with van der Waals surface area (Å²) in [5.74, 6) is -0.0145. The summed E-state index contributed by atoms with van der Waals surface area (Å²) in [5, 5.41) is 3.04. The molecule has 1 aromatic carbocycles. The van der Waals surface area contributed by atoms with Gasteiger partial charge in [-0.15, -0.1) is 0 Å². The van der Waals surface area contributed by atoms with Crippen molar-refractivity contribution in [3.8, 4) is 0 Å². The molecule has 2 rings (SSSR count). The van der Waals surface area contributed by atoms with Gasteiger partial charge in [0.2, 0.25) is 5.91 Å². The van der Waals surface area contributed by atoms with Crippen molar-refractivity contribution in [2.45, 2.75) is 24.8 Å². The van der Waals surface area contributed by atoms with E-state index >= 15 is 0 Å². The Morgan fingerprint density at radius 1 is 1.45 bits per heavy atom. The number of carbonyl (C=O) groups is 1. The smallest absolute Gasteiger partial charge is 0.242 e. The first-order valence-corrected chi connectivity index (χ1v) is 9.10. The molecule has 1 aliphatic rings. The van der Waals surface area contributed by atoms with Gasteiger partial charge < -0.3 is 15.0 Å². The number of nitrogens with zero attached hydrogens (tertiary/aromatic N) is 1. The fraction of sp³-hybridized carbons (Fsp3) is 0.533. The van der Waals surface area contributed by atoms with Crippen LogP contribution < -0.4 is 5.32 Å². The Labute approximate surface area is 131 Å². The van der Waals surface area contributed by atoms with Crippen molar-refractivity contribution < 1.29 is 17.9 Å². The van der Waals surface area contributed by atoms with Crippen LogP contribution in [0.3, 0.4) is 0 Å². The largest absolute Gasteiger partial charge is 0.376 e. The molecule has 0 radical (unpaired) electrons. The van der Waals surface area contributed by atoms with Gasteiger partial charge in [-0.05, 0) is 31.5 Å². The van der Waals surface area contributed by atoms with Crippen LogP contribution in [-0.2, 0) is 19.4 Å². The molecule has 1 amide bonds. The van der Waals surface area contributed by atoms with Gasteiger partial charge in [-0.3, -0.25) is 4.79 Å². The van der Waals surface area contributed by atoms with Crippen LogP contribution in [0, 0.1) is 6.92 Å². The Morgan fingerprint density at radius 2 is 2.18 bits per heavy atom. The Balaban J connectivity index is 2.03. The van der Waals surface area contributed by atoms with E-state index in [2.05, 4.69) is 5.32 Å². The van der Waals surface area contributed by atoms with Crippen molar-refractivity contribution in [1.82, 2.24) is 4.90 Å². The molecule has 1 fully saturated rings. The number of amides is 1. The third-order valence-corrected chi connectivity index (χ3v) is 4.77. The van der Waals surface area contributed by atoms with E-state index in [-0.39, 0.29) is 23.5 Å². The summed E-state index contributed by atoms with van der Waals surface area (Å²) in [5.41, 5.74) is 1.56. The molecule has 1 aromatic rings. The number of rotatable bonds is 4. The van der Waals surface area contributed by atoms with Gasteiger partial charge in [0.15, 0.2) is 9.84 Å². The number of aryl methyl sites for hydroxylation is 1. The predicted molar refractivity (Wildman–Crippen MR) is 84.8 cm³/mol.